The van der Waals surface area contributed by atoms with Crippen molar-refractivity contribution < 1.29 is 8.42 Å². The van der Waals surface area contributed by atoms with Crippen molar-refractivity contribution in [1.29, 1.82) is 0 Å². The minimum Gasteiger partial charge on any atom is -0.326 e. The van der Waals surface area contributed by atoms with Gasteiger partial charge in [0.1, 0.15) is 5.82 Å². The molecule has 0 unspecified atom stereocenters. The molecule has 0 aliphatic carbocycles. The Hall–Kier alpha value is -1.14. The number of unbranched alkanes of at least 4 members (excludes halogenated alkanes) is 1. The summed E-state index contributed by atoms with van der Waals surface area (Å²) in [7, 11) is -3.28. The van der Waals surface area contributed by atoms with Gasteiger partial charge in [-0.15, -0.1) is 0 Å². The number of rotatable bonds is 6. The number of nitrogens with two attached hydrogens (primary N) is 1. The van der Waals surface area contributed by atoms with Crippen LogP contribution in [0.3, 0.4) is 0 Å². The molecule has 0 aliphatic rings. The minimum atomic E-state index is -3.28. The summed E-state index contributed by atoms with van der Waals surface area (Å²) in [5.41, 5.74) is 6.31. The highest BCUT2D eigenvalue weighted by Gasteiger charge is 2.10. The fourth-order valence-electron chi connectivity index (χ4n) is 1.20. The molecule has 0 bridgehead atoms. The molecule has 0 spiro atoms. The van der Waals surface area contributed by atoms with Crippen molar-refractivity contribution in [3.05, 3.63) is 23.9 Å². The molecule has 1 aromatic rings. The maximum atomic E-state index is 11.6. The van der Waals surface area contributed by atoms with Crippen molar-refractivity contribution in [3.63, 3.8) is 0 Å². The summed E-state index contributed by atoms with van der Waals surface area (Å²) in [5, 5.41) is 0. The van der Waals surface area contributed by atoms with Crippen LogP contribution in [0.25, 0.3) is 0 Å². The standard InChI is InChI=1S/C10H17N3O2S/c1-2-3-6-16(14,15)13-10-7-9(8-11)4-5-12-10/h4-5,7H,2-3,6,8,11H2,1H3,(H,12,13). The van der Waals surface area contributed by atoms with Gasteiger partial charge in [0.05, 0.1) is 5.75 Å². The van der Waals surface area contributed by atoms with Crippen LogP contribution in [0.2, 0.25) is 0 Å². The third kappa shape index (κ3) is 4.16. The van der Waals surface area contributed by atoms with Crippen molar-refractivity contribution in [2.75, 3.05) is 10.5 Å². The predicted molar refractivity (Wildman–Crippen MR) is 64.4 cm³/mol. The average Bonchev–Trinajstić information content (AvgIpc) is 2.26. The van der Waals surface area contributed by atoms with Crippen LogP contribution in [0.4, 0.5) is 5.82 Å². The SMILES string of the molecule is CCCCS(=O)(=O)Nc1cc(CN)ccn1. The number of anilines is 1. The number of hydrogen-bond acceptors (Lipinski definition) is 4. The van der Waals surface area contributed by atoms with E-state index < -0.39 is 10.0 Å². The summed E-state index contributed by atoms with van der Waals surface area (Å²) >= 11 is 0. The van der Waals surface area contributed by atoms with Gasteiger partial charge >= 0.3 is 0 Å². The predicted octanol–water partition coefficient (Wildman–Crippen LogP) is 1.08. The van der Waals surface area contributed by atoms with E-state index in [4.69, 9.17) is 5.73 Å². The molecule has 0 radical (unpaired) electrons. The summed E-state index contributed by atoms with van der Waals surface area (Å²) in [4.78, 5) is 3.93. The lowest BCUT2D eigenvalue weighted by atomic mass is 10.3. The maximum absolute atomic E-state index is 11.6. The van der Waals surface area contributed by atoms with E-state index in [9.17, 15) is 8.42 Å². The van der Waals surface area contributed by atoms with Crippen LogP contribution in [0, 0.1) is 0 Å². The molecule has 0 saturated carbocycles. The number of sulfonamides is 1. The van der Waals surface area contributed by atoms with Gasteiger partial charge in [0.15, 0.2) is 0 Å². The van der Waals surface area contributed by atoms with Gasteiger partial charge in [-0.1, -0.05) is 13.3 Å². The molecule has 5 nitrogen and oxygen atoms in total. The Morgan fingerprint density at radius 2 is 2.25 bits per heavy atom. The van der Waals surface area contributed by atoms with Crippen LogP contribution in [-0.2, 0) is 16.6 Å². The largest absolute Gasteiger partial charge is 0.326 e. The Balaban J connectivity index is 2.72. The molecule has 90 valence electrons. The quantitative estimate of drug-likeness (QED) is 0.783. The van der Waals surface area contributed by atoms with Gasteiger partial charge < -0.3 is 5.73 Å². The second kappa shape index (κ2) is 5.81. The number of nitrogens with zero attached hydrogens (tertiary/aromatic N) is 1. The molecule has 1 heterocycles. The zero-order chi connectivity index (χ0) is 12.0. The smallest absolute Gasteiger partial charge is 0.233 e. The first-order chi connectivity index (χ1) is 7.57. The Morgan fingerprint density at radius 1 is 1.50 bits per heavy atom. The Labute approximate surface area is 96.1 Å². The lowest BCUT2D eigenvalue weighted by molar-refractivity contribution is 0.597. The summed E-state index contributed by atoms with van der Waals surface area (Å²) in [6.45, 7) is 2.31. The molecule has 0 fully saturated rings. The molecular weight excluding hydrogens is 226 g/mol. The van der Waals surface area contributed by atoms with E-state index in [1.807, 2.05) is 6.92 Å². The van der Waals surface area contributed by atoms with E-state index in [2.05, 4.69) is 9.71 Å². The fraction of sp³-hybridized carbons (Fsp3) is 0.500. The normalized spacial score (nSPS) is 11.4. The zero-order valence-electron chi connectivity index (χ0n) is 9.31. The molecule has 3 N–H and O–H groups in total. The first kappa shape index (κ1) is 12.9. The highest BCUT2D eigenvalue weighted by molar-refractivity contribution is 7.92. The Morgan fingerprint density at radius 3 is 2.88 bits per heavy atom. The average molecular weight is 243 g/mol. The first-order valence-corrected chi connectivity index (χ1v) is 6.88. The van der Waals surface area contributed by atoms with E-state index >= 15 is 0 Å². The van der Waals surface area contributed by atoms with Gasteiger partial charge in [-0.05, 0) is 24.1 Å². The van der Waals surface area contributed by atoms with Crippen molar-refractivity contribution in [2.45, 2.75) is 26.3 Å². The van der Waals surface area contributed by atoms with Crippen LogP contribution in [-0.4, -0.2) is 19.2 Å². The molecule has 0 saturated heterocycles. The van der Waals surface area contributed by atoms with Gasteiger partial charge in [0.2, 0.25) is 10.0 Å². The molecule has 0 aliphatic heterocycles. The highest BCUT2D eigenvalue weighted by Crippen LogP contribution is 2.09. The van der Waals surface area contributed by atoms with Gasteiger partial charge in [-0.3, -0.25) is 4.72 Å². The number of aromatic nitrogens is 1. The third-order valence-corrected chi connectivity index (χ3v) is 3.43. The number of nitrogens with one attached hydrogen (secondary N) is 1. The summed E-state index contributed by atoms with van der Waals surface area (Å²) < 4.78 is 25.6. The maximum Gasteiger partial charge on any atom is 0.233 e. The van der Waals surface area contributed by atoms with Crippen molar-refractivity contribution in [2.24, 2.45) is 5.73 Å². The van der Waals surface area contributed by atoms with Crippen molar-refractivity contribution in [3.8, 4) is 0 Å². The molecule has 6 heteroatoms. The summed E-state index contributed by atoms with van der Waals surface area (Å²) in [5.74, 6) is 0.456. The second-order valence-corrected chi connectivity index (χ2v) is 5.37. The van der Waals surface area contributed by atoms with Gasteiger partial charge in [0.25, 0.3) is 0 Å². The summed E-state index contributed by atoms with van der Waals surface area (Å²) in [6, 6.07) is 3.40. The Bertz CT molecular complexity index is 431. The molecule has 1 rings (SSSR count). The zero-order valence-corrected chi connectivity index (χ0v) is 10.1. The van der Waals surface area contributed by atoms with Crippen molar-refractivity contribution in [1.82, 2.24) is 4.98 Å². The third-order valence-electron chi connectivity index (χ3n) is 2.09. The lowest BCUT2D eigenvalue weighted by Crippen LogP contribution is -2.17. The molecule has 16 heavy (non-hydrogen) atoms. The first-order valence-electron chi connectivity index (χ1n) is 5.23. The number of pyridine rings is 1. The molecule has 1 aromatic heterocycles. The van der Waals surface area contributed by atoms with Gasteiger partial charge in [0, 0.05) is 12.7 Å². The second-order valence-electron chi connectivity index (χ2n) is 3.53. The summed E-state index contributed by atoms with van der Waals surface area (Å²) in [6.07, 6.45) is 3.03. The van der Waals surface area contributed by atoms with Crippen LogP contribution in [0.5, 0.6) is 0 Å². The molecule has 0 atom stereocenters. The van der Waals surface area contributed by atoms with Gasteiger partial charge in [-0.2, -0.15) is 0 Å². The number of hydrogen-bond donors (Lipinski definition) is 2. The van der Waals surface area contributed by atoms with Crippen molar-refractivity contribution >= 4 is 15.8 Å². The van der Waals surface area contributed by atoms with Crippen LogP contribution >= 0.6 is 0 Å². The van der Waals surface area contributed by atoms with E-state index in [0.29, 0.717) is 18.8 Å². The molecule has 0 aromatic carbocycles. The fourth-order valence-corrected chi connectivity index (χ4v) is 2.40. The van der Waals surface area contributed by atoms with Gasteiger partial charge in [-0.25, -0.2) is 13.4 Å². The topological polar surface area (TPSA) is 85.1 Å². The monoisotopic (exact) mass is 243 g/mol. The highest BCUT2D eigenvalue weighted by atomic mass is 32.2. The van der Waals surface area contributed by atoms with Crippen LogP contribution in [0.1, 0.15) is 25.3 Å². The van der Waals surface area contributed by atoms with Crippen LogP contribution in [0.15, 0.2) is 18.3 Å². The minimum absolute atomic E-state index is 0.123. The van der Waals surface area contributed by atoms with E-state index in [1.165, 1.54) is 0 Å². The van der Waals surface area contributed by atoms with E-state index in [-0.39, 0.29) is 5.75 Å². The van der Waals surface area contributed by atoms with E-state index in [1.54, 1.807) is 18.3 Å². The molecular formula is C10H17N3O2S. The molecule has 0 amide bonds. The lowest BCUT2D eigenvalue weighted by Gasteiger charge is -2.07. The van der Waals surface area contributed by atoms with E-state index in [0.717, 1.165) is 12.0 Å². The Kier molecular flexibility index (Phi) is 4.70. The van der Waals surface area contributed by atoms with Crippen LogP contribution < -0.4 is 10.5 Å².